The van der Waals surface area contributed by atoms with Crippen molar-refractivity contribution in [2.75, 3.05) is 0 Å². The molecule has 0 radical (unpaired) electrons. The lowest BCUT2D eigenvalue weighted by molar-refractivity contribution is 0.111. The van der Waals surface area contributed by atoms with Crippen LogP contribution < -0.4 is 0 Å². The predicted molar refractivity (Wildman–Crippen MR) is 64.1 cm³/mol. The maximum absolute atomic E-state index is 11.1. The lowest BCUT2D eigenvalue weighted by Crippen LogP contribution is -2.13. The fourth-order valence-electron chi connectivity index (χ4n) is 3.41. The van der Waals surface area contributed by atoms with Crippen molar-refractivity contribution in [3.8, 4) is 0 Å². The molecule has 0 aromatic carbocycles. The van der Waals surface area contributed by atoms with Crippen molar-refractivity contribution in [2.45, 2.75) is 63.3 Å². The highest BCUT2D eigenvalue weighted by molar-refractivity contribution is 5.73. The molecular formula is C13H19N3O. The van der Waals surface area contributed by atoms with Crippen LogP contribution in [0, 0.1) is 0 Å². The summed E-state index contributed by atoms with van der Waals surface area (Å²) in [4.78, 5) is 11.1. The van der Waals surface area contributed by atoms with E-state index in [0.29, 0.717) is 17.7 Å². The molecule has 92 valence electrons. The van der Waals surface area contributed by atoms with Crippen LogP contribution >= 0.6 is 0 Å². The Bertz CT molecular complexity index is 401. The molecule has 0 amide bonds. The molecule has 0 atom stereocenters. The zero-order chi connectivity index (χ0) is 11.7. The summed E-state index contributed by atoms with van der Waals surface area (Å²) in [5.74, 6) is 0.519. The van der Waals surface area contributed by atoms with E-state index in [9.17, 15) is 4.79 Å². The summed E-state index contributed by atoms with van der Waals surface area (Å²) in [5, 5.41) is 8.32. The normalized spacial score (nSPS) is 22.4. The van der Waals surface area contributed by atoms with Gasteiger partial charge in [-0.25, -0.2) is 4.68 Å². The Hall–Kier alpha value is -1.19. The highest BCUT2D eigenvalue weighted by Crippen LogP contribution is 2.38. The van der Waals surface area contributed by atoms with Gasteiger partial charge in [-0.1, -0.05) is 30.9 Å². The molecular weight excluding hydrogens is 214 g/mol. The standard InChI is InChI=1S/C13H19N3O/c17-9-12-13(10-5-1-2-6-10)16(15-14-12)11-7-3-4-8-11/h9-11H,1-8H2. The average molecular weight is 233 g/mol. The van der Waals surface area contributed by atoms with Crippen LogP contribution in [0.15, 0.2) is 0 Å². The lowest BCUT2D eigenvalue weighted by atomic mass is 10.0. The number of aromatic nitrogens is 3. The Balaban J connectivity index is 1.96. The maximum atomic E-state index is 11.1. The van der Waals surface area contributed by atoms with Gasteiger partial charge in [0.1, 0.15) is 5.69 Å². The summed E-state index contributed by atoms with van der Waals surface area (Å²) < 4.78 is 2.08. The van der Waals surface area contributed by atoms with Gasteiger partial charge in [-0.2, -0.15) is 0 Å². The Morgan fingerprint density at radius 2 is 1.71 bits per heavy atom. The van der Waals surface area contributed by atoms with Gasteiger partial charge in [0.15, 0.2) is 6.29 Å². The molecule has 0 bridgehead atoms. The molecule has 4 heteroatoms. The van der Waals surface area contributed by atoms with Crippen LogP contribution in [0.5, 0.6) is 0 Å². The molecule has 17 heavy (non-hydrogen) atoms. The second-order valence-corrected chi connectivity index (χ2v) is 5.34. The molecule has 0 N–H and O–H groups in total. The Morgan fingerprint density at radius 1 is 1.06 bits per heavy atom. The third kappa shape index (κ3) is 1.90. The number of carbonyl (C=O) groups is 1. The molecule has 4 nitrogen and oxygen atoms in total. The fourth-order valence-corrected chi connectivity index (χ4v) is 3.41. The van der Waals surface area contributed by atoms with E-state index >= 15 is 0 Å². The monoisotopic (exact) mass is 233 g/mol. The summed E-state index contributed by atoms with van der Waals surface area (Å²) in [6, 6.07) is 0.492. The van der Waals surface area contributed by atoms with E-state index < -0.39 is 0 Å². The first-order chi connectivity index (χ1) is 8.40. The number of hydrogen-bond acceptors (Lipinski definition) is 3. The van der Waals surface area contributed by atoms with E-state index in [2.05, 4.69) is 15.0 Å². The van der Waals surface area contributed by atoms with Crippen molar-refractivity contribution in [3.05, 3.63) is 11.4 Å². The molecule has 0 aliphatic heterocycles. The number of aldehydes is 1. The van der Waals surface area contributed by atoms with Gasteiger partial charge in [0.05, 0.1) is 11.7 Å². The van der Waals surface area contributed by atoms with Crippen LogP contribution in [0.4, 0.5) is 0 Å². The predicted octanol–water partition coefficient (Wildman–Crippen LogP) is 2.86. The van der Waals surface area contributed by atoms with Crippen LogP contribution in [-0.4, -0.2) is 21.3 Å². The van der Waals surface area contributed by atoms with E-state index in [4.69, 9.17) is 0 Å². The minimum absolute atomic E-state index is 0.492. The number of carbonyl (C=O) groups excluding carboxylic acids is 1. The topological polar surface area (TPSA) is 47.8 Å². The Labute approximate surface area is 101 Å². The first-order valence-corrected chi connectivity index (χ1v) is 6.80. The smallest absolute Gasteiger partial charge is 0.172 e. The lowest BCUT2D eigenvalue weighted by Gasteiger charge is -2.17. The van der Waals surface area contributed by atoms with E-state index in [1.54, 1.807) is 0 Å². The van der Waals surface area contributed by atoms with Crippen molar-refractivity contribution in [2.24, 2.45) is 0 Å². The molecule has 2 aliphatic rings. The number of rotatable bonds is 3. The summed E-state index contributed by atoms with van der Waals surface area (Å²) in [6.45, 7) is 0. The molecule has 1 heterocycles. The molecule has 1 aromatic rings. The van der Waals surface area contributed by atoms with Gasteiger partial charge in [-0.3, -0.25) is 4.79 Å². The molecule has 1 aromatic heterocycles. The second kappa shape index (κ2) is 4.59. The second-order valence-electron chi connectivity index (χ2n) is 5.34. The number of nitrogens with zero attached hydrogens (tertiary/aromatic N) is 3. The minimum atomic E-state index is 0.492. The van der Waals surface area contributed by atoms with Gasteiger partial charge in [0.2, 0.25) is 0 Å². The molecule has 0 spiro atoms. The highest BCUT2D eigenvalue weighted by Gasteiger charge is 2.29. The van der Waals surface area contributed by atoms with Crippen LogP contribution in [0.3, 0.4) is 0 Å². The zero-order valence-electron chi connectivity index (χ0n) is 10.1. The van der Waals surface area contributed by atoms with Gasteiger partial charge < -0.3 is 0 Å². The molecule has 3 rings (SSSR count). The van der Waals surface area contributed by atoms with Crippen LogP contribution in [0.1, 0.15) is 79.5 Å². The summed E-state index contributed by atoms with van der Waals surface area (Å²) in [5.41, 5.74) is 1.72. The van der Waals surface area contributed by atoms with Crippen molar-refractivity contribution in [3.63, 3.8) is 0 Å². The molecule has 2 aliphatic carbocycles. The van der Waals surface area contributed by atoms with Gasteiger partial charge >= 0.3 is 0 Å². The van der Waals surface area contributed by atoms with E-state index in [0.717, 1.165) is 12.0 Å². The van der Waals surface area contributed by atoms with Crippen LogP contribution in [0.2, 0.25) is 0 Å². The minimum Gasteiger partial charge on any atom is -0.296 e. The van der Waals surface area contributed by atoms with Crippen molar-refractivity contribution in [1.82, 2.24) is 15.0 Å². The van der Waals surface area contributed by atoms with Gasteiger partial charge in [0, 0.05) is 5.92 Å². The van der Waals surface area contributed by atoms with Crippen molar-refractivity contribution < 1.29 is 4.79 Å². The quantitative estimate of drug-likeness (QED) is 0.754. The van der Waals surface area contributed by atoms with E-state index in [1.807, 2.05) is 0 Å². The maximum Gasteiger partial charge on any atom is 0.172 e. The zero-order valence-corrected chi connectivity index (χ0v) is 10.1. The third-order valence-electron chi connectivity index (χ3n) is 4.28. The average Bonchev–Trinajstić information content (AvgIpc) is 3.09. The van der Waals surface area contributed by atoms with Gasteiger partial charge in [0.25, 0.3) is 0 Å². The van der Waals surface area contributed by atoms with Crippen LogP contribution in [0.25, 0.3) is 0 Å². The van der Waals surface area contributed by atoms with E-state index in [-0.39, 0.29) is 0 Å². The third-order valence-corrected chi connectivity index (χ3v) is 4.28. The summed E-state index contributed by atoms with van der Waals surface area (Å²) in [6.07, 6.45) is 10.8. The van der Waals surface area contributed by atoms with Crippen molar-refractivity contribution in [1.29, 1.82) is 0 Å². The molecule has 2 fully saturated rings. The largest absolute Gasteiger partial charge is 0.296 e. The van der Waals surface area contributed by atoms with Crippen LogP contribution in [-0.2, 0) is 0 Å². The Kier molecular flexibility index (Phi) is 2.95. The molecule has 0 saturated heterocycles. The van der Waals surface area contributed by atoms with Gasteiger partial charge in [-0.05, 0) is 25.7 Å². The SMILES string of the molecule is O=Cc1nnn(C2CCCC2)c1C1CCCC1. The summed E-state index contributed by atoms with van der Waals surface area (Å²) in [7, 11) is 0. The highest BCUT2D eigenvalue weighted by atomic mass is 16.1. The van der Waals surface area contributed by atoms with Gasteiger partial charge in [-0.15, -0.1) is 5.10 Å². The molecule has 0 unspecified atom stereocenters. The molecule has 2 saturated carbocycles. The summed E-state index contributed by atoms with van der Waals surface area (Å²) >= 11 is 0. The first kappa shape index (κ1) is 10.9. The first-order valence-electron chi connectivity index (χ1n) is 6.80. The van der Waals surface area contributed by atoms with E-state index in [1.165, 1.54) is 51.4 Å². The number of hydrogen-bond donors (Lipinski definition) is 0. The fraction of sp³-hybridized carbons (Fsp3) is 0.769. The van der Waals surface area contributed by atoms with Crippen molar-refractivity contribution >= 4 is 6.29 Å². The Morgan fingerprint density at radius 3 is 2.35 bits per heavy atom.